The van der Waals surface area contributed by atoms with Crippen molar-refractivity contribution in [3.63, 3.8) is 0 Å². The Balaban J connectivity index is 1.45. The van der Waals surface area contributed by atoms with Gasteiger partial charge in [0, 0.05) is 44.2 Å². The van der Waals surface area contributed by atoms with Crippen LogP contribution in [0, 0.1) is 11.3 Å². The monoisotopic (exact) mass is 303 g/mol. The number of likely N-dealkylation sites (tertiary alicyclic amines) is 1. The molecular formula is C16H21N3O3. The zero-order chi connectivity index (χ0) is 15.4. The first kappa shape index (κ1) is 13.8. The number of carbonyl (C=O) groups excluding carboxylic acids is 1. The van der Waals surface area contributed by atoms with E-state index in [2.05, 4.69) is 5.10 Å². The van der Waals surface area contributed by atoms with Crippen molar-refractivity contribution in [2.75, 3.05) is 13.1 Å². The van der Waals surface area contributed by atoms with Crippen LogP contribution in [0.1, 0.15) is 38.5 Å². The second-order valence-corrected chi connectivity index (χ2v) is 7.09. The van der Waals surface area contributed by atoms with Gasteiger partial charge in [0.2, 0.25) is 5.91 Å². The molecule has 1 amide bonds. The van der Waals surface area contributed by atoms with Crippen molar-refractivity contribution in [1.82, 2.24) is 14.7 Å². The molecule has 1 spiro atoms. The Kier molecular flexibility index (Phi) is 2.86. The van der Waals surface area contributed by atoms with E-state index < -0.39 is 11.5 Å². The number of amides is 1. The smallest absolute Gasteiger partial charge is 0.331 e. The van der Waals surface area contributed by atoms with Crippen LogP contribution < -0.4 is 0 Å². The summed E-state index contributed by atoms with van der Waals surface area (Å²) in [5.74, 6) is -0.396. The standard InChI is InChI=1S/C16H21N3O3/c20-13(12-11-15(12)3-1-4-15)18-9-5-16(6-10-18,14(21)22)19-8-2-7-17-19/h2,7-8,12H,1,3-6,9-11H2,(H,21,22)/t12-/m0/s1. The van der Waals surface area contributed by atoms with Gasteiger partial charge in [-0.3, -0.25) is 9.48 Å². The predicted molar refractivity (Wildman–Crippen MR) is 78.0 cm³/mol. The molecule has 1 saturated heterocycles. The molecule has 1 aliphatic heterocycles. The Labute approximate surface area is 129 Å². The lowest BCUT2D eigenvalue weighted by molar-refractivity contribution is -0.154. The molecule has 0 aromatic carbocycles. The Morgan fingerprint density at radius 1 is 1.18 bits per heavy atom. The van der Waals surface area contributed by atoms with Gasteiger partial charge < -0.3 is 10.0 Å². The summed E-state index contributed by atoms with van der Waals surface area (Å²) in [7, 11) is 0. The molecule has 3 aliphatic rings. The largest absolute Gasteiger partial charge is 0.479 e. The van der Waals surface area contributed by atoms with Crippen molar-refractivity contribution in [1.29, 1.82) is 0 Å². The minimum atomic E-state index is -1.00. The van der Waals surface area contributed by atoms with E-state index in [1.165, 1.54) is 19.3 Å². The van der Waals surface area contributed by atoms with Gasteiger partial charge in [-0.1, -0.05) is 6.42 Å². The van der Waals surface area contributed by atoms with Crippen molar-refractivity contribution in [3.8, 4) is 0 Å². The highest BCUT2D eigenvalue weighted by Gasteiger charge is 2.62. The van der Waals surface area contributed by atoms with E-state index in [0.717, 1.165) is 6.42 Å². The first-order chi connectivity index (χ1) is 10.6. The van der Waals surface area contributed by atoms with Gasteiger partial charge >= 0.3 is 5.97 Å². The van der Waals surface area contributed by atoms with Gasteiger partial charge in [0.05, 0.1) is 0 Å². The van der Waals surface area contributed by atoms with E-state index in [0.29, 0.717) is 31.3 Å². The second kappa shape index (κ2) is 4.57. The van der Waals surface area contributed by atoms with Gasteiger partial charge in [0.15, 0.2) is 5.54 Å². The topological polar surface area (TPSA) is 75.4 Å². The molecule has 1 atom stereocenters. The molecule has 2 aliphatic carbocycles. The molecule has 4 rings (SSSR count). The van der Waals surface area contributed by atoms with Gasteiger partial charge in [-0.2, -0.15) is 5.10 Å². The predicted octanol–water partition coefficient (Wildman–Crippen LogP) is 1.48. The normalized spacial score (nSPS) is 28.2. The number of carbonyl (C=O) groups is 2. The quantitative estimate of drug-likeness (QED) is 0.917. The minimum absolute atomic E-state index is 0.211. The SMILES string of the molecule is O=C([C@@H]1CC12CCC2)N1CCC(C(=O)O)(n2cccn2)CC1. The summed E-state index contributed by atoms with van der Waals surface area (Å²) in [6.45, 7) is 1.02. The number of carboxylic acid groups (broad SMARTS) is 1. The molecule has 0 bridgehead atoms. The van der Waals surface area contributed by atoms with Crippen LogP contribution in [0.25, 0.3) is 0 Å². The molecule has 2 saturated carbocycles. The van der Waals surface area contributed by atoms with Gasteiger partial charge in [-0.15, -0.1) is 0 Å². The maximum Gasteiger partial charge on any atom is 0.331 e. The second-order valence-electron chi connectivity index (χ2n) is 7.09. The van der Waals surface area contributed by atoms with Crippen LogP contribution in [-0.2, 0) is 15.1 Å². The highest BCUT2D eigenvalue weighted by molar-refractivity contribution is 5.84. The Hall–Kier alpha value is -1.85. The number of aromatic nitrogens is 2. The van der Waals surface area contributed by atoms with Crippen LogP contribution in [0.4, 0.5) is 0 Å². The van der Waals surface area contributed by atoms with Gasteiger partial charge in [0.25, 0.3) is 0 Å². The third-order valence-corrected chi connectivity index (χ3v) is 6.08. The van der Waals surface area contributed by atoms with Crippen LogP contribution in [0.2, 0.25) is 0 Å². The van der Waals surface area contributed by atoms with Crippen LogP contribution in [0.5, 0.6) is 0 Å². The van der Waals surface area contributed by atoms with E-state index in [4.69, 9.17) is 0 Å². The maximum absolute atomic E-state index is 12.6. The molecular weight excluding hydrogens is 282 g/mol. The van der Waals surface area contributed by atoms with Gasteiger partial charge in [-0.05, 0) is 30.7 Å². The van der Waals surface area contributed by atoms with Crippen LogP contribution >= 0.6 is 0 Å². The number of nitrogens with zero attached hydrogens (tertiary/aromatic N) is 3. The molecule has 1 aromatic heterocycles. The lowest BCUT2D eigenvalue weighted by Gasteiger charge is -2.39. The first-order valence-corrected chi connectivity index (χ1v) is 8.10. The van der Waals surface area contributed by atoms with E-state index >= 15 is 0 Å². The Morgan fingerprint density at radius 2 is 1.91 bits per heavy atom. The van der Waals surface area contributed by atoms with Crippen molar-refractivity contribution in [2.24, 2.45) is 11.3 Å². The van der Waals surface area contributed by atoms with Crippen molar-refractivity contribution < 1.29 is 14.7 Å². The Bertz CT molecular complexity index is 598. The first-order valence-electron chi connectivity index (χ1n) is 8.10. The third kappa shape index (κ3) is 1.82. The zero-order valence-corrected chi connectivity index (χ0v) is 12.6. The molecule has 1 aromatic rings. The highest BCUT2D eigenvalue weighted by atomic mass is 16.4. The molecule has 2 heterocycles. The number of piperidine rings is 1. The highest BCUT2D eigenvalue weighted by Crippen LogP contribution is 2.66. The number of hydrogen-bond donors (Lipinski definition) is 1. The molecule has 118 valence electrons. The fourth-order valence-corrected chi connectivity index (χ4v) is 4.26. The number of rotatable bonds is 3. The zero-order valence-electron chi connectivity index (χ0n) is 12.6. The average Bonchev–Trinajstić information content (AvgIpc) is 3.03. The summed E-state index contributed by atoms with van der Waals surface area (Å²) in [5.41, 5.74) is -0.668. The lowest BCUT2D eigenvalue weighted by atomic mass is 9.79. The fourth-order valence-electron chi connectivity index (χ4n) is 4.26. The summed E-state index contributed by atoms with van der Waals surface area (Å²) in [4.78, 5) is 26.3. The van der Waals surface area contributed by atoms with E-state index in [-0.39, 0.29) is 11.8 Å². The lowest BCUT2D eigenvalue weighted by Crippen LogP contribution is -2.53. The van der Waals surface area contributed by atoms with Crippen molar-refractivity contribution >= 4 is 11.9 Å². The molecule has 0 unspecified atom stereocenters. The summed E-state index contributed by atoms with van der Waals surface area (Å²) in [5, 5.41) is 13.8. The van der Waals surface area contributed by atoms with Crippen LogP contribution in [0.3, 0.4) is 0 Å². The summed E-state index contributed by atoms with van der Waals surface area (Å²) in [6.07, 6.45) is 8.86. The molecule has 22 heavy (non-hydrogen) atoms. The van der Waals surface area contributed by atoms with Crippen LogP contribution in [-0.4, -0.2) is 44.8 Å². The third-order valence-electron chi connectivity index (χ3n) is 6.08. The van der Waals surface area contributed by atoms with E-state index in [9.17, 15) is 14.7 Å². The average molecular weight is 303 g/mol. The Morgan fingerprint density at radius 3 is 2.36 bits per heavy atom. The number of carboxylic acids is 1. The summed E-state index contributed by atoms with van der Waals surface area (Å²) in [6, 6.07) is 1.74. The molecule has 6 heteroatoms. The summed E-state index contributed by atoms with van der Waals surface area (Å²) >= 11 is 0. The van der Waals surface area contributed by atoms with Crippen molar-refractivity contribution in [2.45, 2.75) is 44.1 Å². The van der Waals surface area contributed by atoms with Gasteiger partial charge in [0.1, 0.15) is 0 Å². The number of aliphatic carboxylic acids is 1. The van der Waals surface area contributed by atoms with Gasteiger partial charge in [-0.25, -0.2) is 4.79 Å². The molecule has 3 fully saturated rings. The molecule has 1 N–H and O–H groups in total. The summed E-state index contributed by atoms with van der Waals surface area (Å²) < 4.78 is 1.54. The van der Waals surface area contributed by atoms with E-state index in [1.807, 2.05) is 4.90 Å². The van der Waals surface area contributed by atoms with E-state index in [1.54, 1.807) is 23.1 Å². The van der Waals surface area contributed by atoms with Crippen LogP contribution in [0.15, 0.2) is 18.5 Å². The molecule has 0 radical (unpaired) electrons. The minimum Gasteiger partial charge on any atom is -0.479 e. The molecule has 6 nitrogen and oxygen atoms in total. The van der Waals surface area contributed by atoms with Crippen molar-refractivity contribution in [3.05, 3.63) is 18.5 Å². The number of hydrogen-bond acceptors (Lipinski definition) is 3. The fraction of sp³-hybridized carbons (Fsp3) is 0.688. The maximum atomic E-state index is 12.6.